The number of aromatic nitrogens is 2. The van der Waals surface area contributed by atoms with E-state index in [4.69, 9.17) is 13.7 Å². The topological polar surface area (TPSA) is 385 Å². The highest BCUT2D eigenvalue weighted by Crippen LogP contribution is 2.44. The maximum atomic E-state index is 12.9. The molecule has 7 rings (SSSR count). The molecule has 0 aliphatic rings. The van der Waals surface area contributed by atoms with E-state index in [9.17, 15) is 57.7 Å². The van der Waals surface area contributed by atoms with Gasteiger partial charge in [0.05, 0.1) is 83.2 Å². The molecule has 0 saturated carbocycles. The van der Waals surface area contributed by atoms with Crippen molar-refractivity contribution < 1.29 is 66.1 Å². The summed E-state index contributed by atoms with van der Waals surface area (Å²) < 4.78 is 141. The van der Waals surface area contributed by atoms with Gasteiger partial charge in [0.15, 0.2) is 11.3 Å². The van der Waals surface area contributed by atoms with Crippen LogP contribution in [0.2, 0.25) is 0 Å². The first kappa shape index (κ1) is 63.3. The Labute approximate surface area is 486 Å². The average molecular weight is 1250 g/mol. The van der Waals surface area contributed by atoms with Crippen LogP contribution in [0.25, 0.3) is 16.7 Å². The van der Waals surface area contributed by atoms with Gasteiger partial charge in [-0.2, -0.15) is 59.4 Å². The highest BCUT2D eigenvalue weighted by molar-refractivity contribution is 7.99. The molecular weight excluding hydrogens is 1200 g/mol. The summed E-state index contributed by atoms with van der Waals surface area (Å²) in [5.74, 6) is -1.81. The van der Waals surface area contributed by atoms with Gasteiger partial charge in [0, 0.05) is 27.5 Å². The number of imidazole rings is 1. The Morgan fingerprint density at radius 2 is 1.10 bits per heavy atom. The van der Waals surface area contributed by atoms with E-state index in [0.29, 0.717) is 60.7 Å². The molecule has 4 N–H and O–H groups in total. The normalized spacial score (nSPS) is 12.7. The average Bonchev–Trinajstić information content (AvgIpc) is 2.37. The molecule has 0 saturated heterocycles. The van der Waals surface area contributed by atoms with Gasteiger partial charge in [-0.1, -0.05) is 18.2 Å². The van der Waals surface area contributed by atoms with Crippen molar-refractivity contribution in [3.63, 3.8) is 0 Å². The number of azo groups is 4. The molecule has 0 atom stereocenters. The fourth-order valence-electron chi connectivity index (χ4n) is 7.81. The summed E-state index contributed by atoms with van der Waals surface area (Å²) >= 11 is 2.48. The van der Waals surface area contributed by atoms with Crippen LogP contribution >= 0.6 is 23.5 Å². The third-order valence-corrected chi connectivity index (χ3v) is 18.0. The number of fused-ring (bicyclic) bond motifs is 3. The van der Waals surface area contributed by atoms with E-state index >= 15 is 0 Å². The largest absolute Gasteiger partial charge is 0.495 e. The molecule has 0 unspecified atom stereocenters. The van der Waals surface area contributed by atoms with Crippen LogP contribution in [0.4, 0.5) is 45.5 Å². The molecule has 0 amide bonds. The van der Waals surface area contributed by atoms with Gasteiger partial charge in [-0.15, -0.1) is 44.0 Å². The molecule has 26 nitrogen and oxygen atoms in total. The van der Waals surface area contributed by atoms with Crippen molar-refractivity contribution in [2.45, 2.75) is 61.6 Å². The van der Waals surface area contributed by atoms with E-state index in [0.717, 1.165) is 17.6 Å². The van der Waals surface area contributed by atoms with Crippen molar-refractivity contribution in [1.82, 2.24) is 9.38 Å². The van der Waals surface area contributed by atoms with Crippen LogP contribution in [-0.2, 0) is 44.7 Å². The molecule has 0 bridgehead atoms. The second-order valence-electron chi connectivity index (χ2n) is 18.1. The van der Waals surface area contributed by atoms with Gasteiger partial charge in [-0.3, -0.25) is 22.2 Å². The molecule has 0 radical (unpaired) electrons. The van der Waals surface area contributed by atoms with Crippen LogP contribution in [-0.4, -0.2) is 111 Å². The summed E-state index contributed by atoms with van der Waals surface area (Å²) in [4.78, 5) is 5.16. The minimum absolute atomic E-state index is 0.0119. The number of rotatable bonds is 26. The molecule has 2 heterocycles. The number of aryl methyl sites for hydroxylation is 3. The molecule has 2 aromatic heterocycles. The van der Waals surface area contributed by atoms with Gasteiger partial charge in [-0.25, -0.2) is 4.98 Å². The quantitative estimate of drug-likeness (QED) is 0.0129. The van der Waals surface area contributed by atoms with Crippen LogP contribution in [0.1, 0.15) is 47.1 Å². The van der Waals surface area contributed by atoms with Gasteiger partial charge < -0.3 is 14.6 Å². The molecule has 0 aliphatic carbocycles. The molecular formula is C51H53N11O15S6. The molecule has 7 aromatic rings. The van der Waals surface area contributed by atoms with E-state index in [1.807, 2.05) is 25.1 Å². The Bertz CT molecular complexity index is 4270. The van der Waals surface area contributed by atoms with E-state index in [-0.39, 0.29) is 92.9 Å². The number of pyridine rings is 1. The van der Waals surface area contributed by atoms with Crippen LogP contribution in [0.5, 0.6) is 17.4 Å². The van der Waals surface area contributed by atoms with Crippen molar-refractivity contribution in [2.75, 3.05) is 49.6 Å². The maximum absolute atomic E-state index is 12.9. The lowest BCUT2D eigenvalue weighted by molar-refractivity contribution is 0.317. The van der Waals surface area contributed by atoms with Gasteiger partial charge >= 0.3 is 0 Å². The maximum Gasteiger partial charge on any atom is 0.300 e. The number of benzene rings is 5. The summed E-state index contributed by atoms with van der Waals surface area (Å²) in [6, 6.07) is 23.4. The fraction of sp³-hybridized carbons (Fsp3) is 0.294. The Morgan fingerprint density at radius 1 is 0.602 bits per heavy atom. The van der Waals surface area contributed by atoms with Crippen LogP contribution in [0.15, 0.2) is 134 Å². The monoisotopic (exact) mass is 1250 g/mol. The van der Waals surface area contributed by atoms with E-state index in [1.54, 1.807) is 50.2 Å². The fourth-order valence-corrected chi connectivity index (χ4v) is 12.4. The number of thioether (sulfide) groups is 2. The zero-order chi connectivity index (χ0) is 60.4. The number of ether oxygens (including phenoxy) is 2. The summed E-state index contributed by atoms with van der Waals surface area (Å²) in [6.45, 7) is 6.46. The zero-order valence-electron chi connectivity index (χ0n) is 45.0. The predicted octanol–water partition coefficient (Wildman–Crippen LogP) is 12.7. The van der Waals surface area contributed by atoms with Gasteiger partial charge in [0.1, 0.15) is 33.7 Å². The van der Waals surface area contributed by atoms with E-state index in [1.165, 1.54) is 55.8 Å². The lowest BCUT2D eigenvalue weighted by Crippen LogP contribution is -2.08. The number of methoxy groups -OCH3 is 1. The SMILES string of the molecule is COc1cc2nc3c(C#N)c(C)c(N=Nc4cc(C)c(N=Nc5cc(C)c(N=Nc6cc(C)c(N=Nc7ccccc7)cc6SCCCS(=O)(=O)O)cc5SCCCS(=O)(=O)O)cc4OCCCS(=O)(=O)O)c(O)n3c2cc1S(=O)(=O)OC. The van der Waals surface area contributed by atoms with Crippen molar-refractivity contribution in [2.24, 2.45) is 40.9 Å². The Balaban J connectivity index is 1.27. The first-order valence-corrected chi connectivity index (χ1v) is 32.8. The van der Waals surface area contributed by atoms with Crippen LogP contribution < -0.4 is 9.47 Å². The van der Waals surface area contributed by atoms with Crippen LogP contribution in [0.3, 0.4) is 0 Å². The van der Waals surface area contributed by atoms with E-state index in [2.05, 4.69) is 52.0 Å². The molecule has 0 fully saturated rings. The zero-order valence-corrected chi connectivity index (χ0v) is 49.9. The highest BCUT2D eigenvalue weighted by Gasteiger charge is 2.26. The standard InChI is InChI=1S/C51H53N11O15S6/c1-30-21-40(58-61-49-33(4)35(29-52)50-53-39-25-45(75-5)48(83(73,74)76-6)28-43(39)62(50)51(49)63)44(77-15-10-18-80(64,65)66)24-36(30)56-59-41-23-32(3)38(27-47(41)79-17-12-20-82(70,71)72)57-60-42-22-31(2)37(55-54-34-13-8-7-9-14-34)26-46(42)78-16-11-19-81(67,68)69/h7-9,13-14,21-28,63H,10-12,15-20H2,1-6H3,(H,64,65,66)(H,67,68,69)(H,70,71,72). The highest BCUT2D eigenvalue weighted by atomic mass is 32.2. The lowest BCUT2D eigenvalue weighted by Gasteiger charge is -2.12. The smallest absolute Gasteiger partial charge is 0.300 e. The summed E-state index contributed by atoms with van der Waals surface area (Å²) in [5, 5.41) is 57.9. The summed E-state index contributed by atoms with van der Waals surface area (Å²) in [6.07, 6.45) is 0.0283. The van der Waals surface area contributed by atoms with Crippen molar-refractivity contribution >= 4 is 126 Å². The molecule has 5 aromatic carbocycles. The molecule has 0 spiro atoms. The first-order chi connectivity index (χ1) is 39.2. The third-order valence-electron chi connectivity index (χ3n) is 12.0. The molecule has 438 valence electrons. The summed E-state index contributed by atoms with van der Waals surface area (Å²) in [5.41, 5.74) is 4.27. The second kappa shape index (κ2) is 26.9. The van der Waals surface area contributed by atoms with Gasteiger partial charge in [-0.05, 0) is 124 Å². The van der Waals surface area contributed by atoms with Crippen LogP contribution in [0, 0.1) is 39.0 Å². The number of nitriles is 1. The Morgan fingerprint density at radius 3 is 1.61 bits per heavy atom. The predicted molar refractivity (Wildman–Crippen MR) is 311 cm³/mol. The third kappa shape index (κ3) is 16.7. The van der Waals surface area contributed by atoms with Gasteiger partial charge in [0.25, 0.3) is 40.5 Å². The molecule has 32 heteroatoms. The first-order valence-electron chi connectivity index (χ1n) is 24.6. The number of nitrogens with zero attached hydrogens (tertiary/aromatic N) is 11. The number of hydrogen-bond acceptors (Lipinski definition) is 24. The van der Waals surface area contributed by atoms with E-state index < -0.39 is 63.6 Å². The Hall–Kier alpha value is -7.32. The minimum atomic E-state index is -4.37. The molecule has 83 heavy (non-hydrogen) atoms. The number of hydrogen-bond donors (Lipinski definition) is 4. The summed E-state index contributed by atoms with van der Waals surface area (Å²) in [7, 11) is -15.0. The Kier molecular flexibility index (Phi) is 20.5. The minimum Gasteiger partial charge on any atom is -0.495 e. The molecule has 0 aliphatic heterocycles. The number of aromatic hydroxyl groups is 1. The second-order valence-corrected chi connectivity index (χ2v) is 26.8. The van der Waals surface area contributed by atoms with Crippen molar-refractivity contribution in [3.05, 3.63) is 107 Å². The van der Waals surface area contributed by atoms with Gasteiger partial charge in [0.2, 0.25) is 5.88 Å². The lowest BCUT2D eigenvalue weighted by atomic mass is 10.1. The van der Waals surface area contributed by atoms with Crippen molar-refractivity contribution in [3.8, 4) is 23.4 Å². The van der Waals surface area contributed by atoms with Crippen molar-refractivity contribution in [1.29, 1.82) is 5.26 Å².